The van der Waals surface area contributed by atoms with Crippen LogP contribution >= 0.6 is 11.3 Å². The van der Waals surface area contributed by atoms with Crippen molar-refractivity contribution in [2.75, 3.05) is 13.1 Å². The first-order valence-electron chi connectivity index (χ1n) is 8.47. The Morgan fingerprint density at radius 2 is 2.00 bits per heavy atom. The van der Waals surface area contributed by atoms with Crippen molar-refractivity contribution in [3.63, 3.8) is 0 Å². The Bertz CT molecular complexity index is 1130. The van der Waals surface area contributed by atoms with Crippen LogP contribution in [0.25, 0.3) is 5.13 Å². The molecule has 0 radical (unpaired) electrons. The predicted molar refractivity (Wildman–Crippen MR) is 109 cm³/mol. The zero-order valence-corrected chi connectivity index (χ0v) is 17.1. The molecule has 6 nitrogen and oxygen atoms in total. The minimum Gasteiger partial charge on any atom is -0.294 e. The average Bonchev–Trinajstić information content (AvgIpc) is 3.29. The summed E-state index contributed by atoms with van der Waals surface area (Å²) >= 11 is 1.46. The van der Waals surface area contributed by atoms with Gasteiger partial charge < -0.3 is 0 Å². The molecule has 2 aromatic heterocycles. The summed E-state index contributed by atoms with van der Waals surface area (Å²) in [7, 11) is -3.87. The lowest BCUT2D eigenvalue weighted by atomic mass is 10.1. The van der Waals surface area contributed by atoms with Gasteiger partial charge in [0.2, 0.25) is 10.0 Å². The van der Waals surface area contributed by atoms with Gasteiger partial charge in [0.15, 0.2) is 10.9 Å². The molecule has 3 aromatic rings. The van der Waals surface area contributed by atoms with Gasteiger partial charge in [-0.2, -0.15) is 4.31 Å². The number of sulfonamides is 1. The highest BCUT2D eigenvalue weighted by atomic mass is 32.2. The minimum atomic E-state index is -3.87. The van der Waals surface area contributed by atoms with Crippen LogP contribution in [0.2, 0.25) is 0 Å². The number of thiazole rings is 1. The van der Waals surface area contributed by atoms with Crippen molar-refractivity contribution >= 4 is 27.1 Å². The molecule has 0 aliphatic rings. The highest BCUT2D eigenvalue weighted by Gasteiger charge is 2.28. The lowest BCUT2D eigenvalue weighted by molar-refractivity contribution is 0.0969. The van der Waals surface area contributed by atoms with Crippen molar-refractivity contribution in [2.45, 2.75) is 18.7 Å². The van der Waals surface area contributed by atoms with Crippen molar-refractivity contribution in [3.05, 3.63) is 64.9 Å². The number of aromatic nitrogens is 2. The molecule has 0 saturated carbocycles. The molecule has 0 aliphatic carbocycles. The first-order valence-corrected chi connectivity index (χ1v) is 10.8. The summed E-state index contributed by atoms with van der Waals surface area (Å²) in [6.45, 7) is 3.18. The molecule has 1 aromatic carbocycles. The van der Waals surface area contributed by atoms with Gasteiger partial charge in [-0.3, -0.25) is 9.36 Å². The molecule has 0 spiro atoms. The molecule has 3 rings (SSSR count). The van der Waals surface area contributed by atoms with Crippen LogP contribution < -0.4 is 0 Å². The van der Waals surface area contributed by atoms with Crippen molar-refractivity contribution in [2.24, 2.45) is 0 Å². The van der Waals surface area contributed by atoms with Crippen molar-refractivity contribution in [1.29, 1.82) is 0 Å². The van der Waals surface area contributed by atoms with Crippen LogP contribution in [0.5, 0.6) is 0 Å². The monoisotopic (exact) mass is 413 g/mol. The van der Waals surface area contributed by atoms with Gasteiger partial charge in [0, 0.05) is 28.5 Å². The zero-order chi connectivity index (χ0) is 20.3. The third-order valence-corrected chi connectivity index (χ3v) is 6.87. The fourth-order valence-electron chi connectivity index (χ4n) is 2.98. The lowest BCUT2D eigenvalue weighted by Crippen LogP contribution is -2.36. The lowest BCUT2D eigenvalue weighted by Gasteiger charge is -2.19. The number of nitrogens with zero attached hydrogens (tertiary/aromatic N) is 3. The van der Waals surface area contributed by atoms with Gasteiger partial charge in [-0.25, -0.2) is 13.4 Å². The van der Waals surface area contributed by atoms with E-state index in [-0.39, 0.29) is 23.8 Å². The number of carbonyl (C=O) groups excluding carboxylic acids is 1. The standard InChI is InChI=1S/C20H19N3O3S2/c1-4-11-22(28(25,26)17-8-6-5-7-9-17)14-19(24)18-13-15(2)23(16(18)3)20-21-10-12-27-20/h1,5-10,12-13H,11,14H2,2-3H3. The van der Waals surface area contributed by atoms with Crippen LogP contribution in [-0.2, 0) is 10.0 Å². The molecule has 0 amide bonds. The van der Waals surface area contributed by atoms with E-state index < -0.39 is 10.0 Å². The summed E-state index contributed by atoms with van der Waals surface area (Å²) in [6.07, 6.45) is 7.06. The smallest absolute Gasteiger partial charge is 0.244 e. The minimum absolute atomic E-state index is 0.103. The second-order valence-corrected chi connectivity index (χ2v) is 8.96. The number of aryl methyl sites for hydroxylation is 1. The second kappa shape index (κ2) is 8.10. The first kappa shape index (κ1) is 20.0. The highest BCUT2D eigenvalue weighted by Crippen LogP contribution is 2.23. The molecule has 0 unspecified atom stereocenters. The molecule has 28 heavy (non-hydrogen) atoms. The van der Waals surface area contributed by atoms with Crippen LogP contribution in [0, 0.1) is 26.2 Å². The number of ketones is 1. The zero-order valence-electron chi connectivity index (χ0n) is 15.5. The molecule has 0 fully saturated rings. The summed E-state index contributed by atoms with van der Waals surface area (Å²) in [6, 6.07) is 9.70. The molecule has 144 valence electrons. The molecule has 0 N–H and O–H groups in total. The number of rotatable bonds is 7. The summed E-state index contributed by atoms with van der Waals surface area (Å²) in [5.41, 5.74) is 2.03. The first-order chi connectivity index (χ1) is 13.4. The molecule has 0 bridgehead atoms. The highest BCUT2D eigenvalue weighted by molar-refractivity contribution is 7.89. The fraction of sp³-hybridized carbons (Fsp3) is 0.200. The average molecular weight is 414 g/mol. The molecule has 0 atom stereocenters. The maximum atomic E-state index is 13.0. The van der Waals surface area contributed by atoms with E-state index in [1.807, 2.05) is 23.8 Å². The van der Waals surface area contributed by atoms with E-state index in [4.69, 9.17) is 6.42 Å². The van der Waals surface area contributed by atoms with E-state index in [0.717, 1.165) is 20.8 Å². The van der Waals surface area contributed by atoms with Gasteiger partial charge in [-0.15, -0.1) is 17.8 Å². The Labute approximate surface area is 168 Å². The predicted octanol–water partition coefficient (Wildman–Crippen LogP) is 3.06. The Hall–Kier alpha value is -2.73. The second-order valence-electron chi connectivity index (χ2n) is 6.15. The molecule has 2 heterocycles. The van der Waals surface area contributed by atoms with Crippen LogP contribution in [-0.4, -0.2) is 41.1 Å². The number of Topliss-reactive ketones (excluding diaryl/α,β-unsaturated/α-hetero) is 1. The maximum Gasteiger partial charge on any atom is 0.244 e. The van der Waals surface area contributed by atoms with Crippen molar-refractivity contribution < 1.29 is 13.2 Å². The number of hydrogen-bond donors (Lipinski definition) is 0. The van der Waals surface area contributed by atoms with E-state index >= 15 is 0 Å². The van der Waals surface area contributed by atoms with Crippen molar-refractivity contribution in [3.8, 4) is 17.5 Å². The molecule has 0 aliphatic heterocycles. The SMILES string of the molecule is C#CCN(CC(=O)c1cc(C)n(-c2nccs2)c1C)S(=O)(=O)c1ccccc1. The summed E-state index contributed by atoms with van der Waals surface area (Å²) in [5, 5.41) is 2.61. The van der Waals surface area contributed by atoms with Crippen molar-refractivity contribution in [1.82, 2.24) is 13.9 Å². The Morgan fingerprint density at radius 3 is 2.61 bits per heavy atom. The molecule has 0 saturated heterocycles. The van der Waals surface area contributed by atoms with Crippen LogP contribution in [0.15, 0.2) is 52.9 Å². The largest absolute Gasteiger partial charge is 0.294 e. The third-order valence-electron chi connectivity index (χ3n) is 4.31. The normalized spacial score (nSPS) is 11.5. The summed E-state index contributed by atoms with van der Waals surface area (Å²) in [5.74, 6) is 2.02. The van der Waals surface area contributed by atoms with E-state index in [1.165, 1.54) is 23.5 Å². The summed E-state index contributed by atoms with van der Waals surface area (Å²) < 4.78 is 28.7. The van der Waals surface area contributed by atoms with Gasteiger partial charge in [0.1, 0.15) is 0 Å². The fourth-order valence-corrected chi connectivity index (χ4v) is 5.06. The maximum absolute atomic E-state index is 13.0. The Kier molecular flexibility index (Phi) is 5.79. The van der Waals surface area contributed by atoms with Gasteiger partial charge in [0.05, 0.1) is 18.0 Å². The van der Waals surface area contributed by atoms with Crippen LogP contribution in [0.1, 0.15) is 21.7 Å². The van der Waals surface area contributed by atoms with Gasteiger partial charge >= 0.3 is 0 Å². The van der Waals surface area contributed by atoms with E-state index in [1.54, 1.807) is 30.5 Å². The van der Waals surface area contributed by atoms with E-state index in [9.17, 15) is 13.2 Å². The quantitative estimate of drug-likeness (QED) is 0.441. The van der Waals surface area contributed by atoms with Gasteiger partial charge in [-0.1, -0.05) is 24.1 Å². The van der Waals surface area contributed by atoms with E-state index in [2.05, 4.69) is 10.9 Å². The molecular formula is C20H19N3O3S2. The number of hydrogen-bond acceptors (Lipinski definition) is 5. The number of terminal acetylenes is 1. The summed E-state index contributed by atoms with van der Waals surface area (Å²) in [4.78, 5) is 17.3. The van der Waals surface area contributed by atoms with E-state index in [0.29, 0.717) is 5.56 Å². The Balaban J connectivity index is 1.93. The van der Waals surface area contributed by atoms with Crippen LogP contribution in [0.4, 0.5) is 0 Å². The van der Waals surface area contributed by atoms with Crippen LogP contribution in [0.3, 0.4) is 0 Å². The molecule has 8 heteroatoms. The number of benzene rings is 1. The Morgan fingerprint density at radius 1 is 1.29 bits per heavy atom. The van der Waals surface area contributed by atoms with Gasteiger partial charge in [0.25, 0.3) is 0 Å². The third kappa shape index (κ3) is 3.78. The van der Waals surface area contributed by atoms with Gasteiger partial charge in [-0.05, 0) is 32.0 Å². The topological polar surface area (TPSA) is 72.3 Å². The molecular weight excluding hydrogens is 394 g/mol. The number of carbonyl (C=O) groups is 1.